The third-order valence-electron chi connectivity index (χ3n) is 10.2. The molecule has 3 aromatic carbocycles. The molecule has 2 saturated heterocycles. The van der Waals surface area contributed by atoms with Gasteiger partial charge in [0.15, 0.2) is 0 Å². The summed E-state index contributed by atoms with van der Waals surface area (Å²) in [6, 6.07) is 13.9. The monoisotopic (exact) mass is 662 g/mol. The first-order valence-electron chi connectivity index (χ1n) is 14.7. The molecule has 0 radical (unpaired) electrons. The molecular formula is C33H26BCl2FN2O7. The van der Waals surface area contributed by atoms with E-state index in [0.717, 1.165) is 15.9 Å². The van der Waals surface area contributed by atoms with E-state index in [-0.39, 0.29) is 45.5 Å². The number of aromatic hydroxyl groups is 1. The fourth-order valence-corrected chi connectivity index (χ4v) is 8.42. The normalized spacial score (nSPS) is 28.7. The first kappa shape index (κ1) is 30.6. The molecule has 0 aromatic heterocycles. The number of hydrogen-bond acceptors (Lipinski definition) is 7. The summed E-state index contributed by atoms with van der Waals surface area (Å²) in [6.45, 7) is 1.65. The molecule has 4 amide bonds. The molecule has 0 bridgehead atoms. The third-order valence-corrected chi connectivity index (χ3v) is 10.7. The van der Waals surface area contributed by atoms with Crippen molar-refractivity contribution in [1.82, 2.24) is 0 Å². The van der Waals surface area contributed by atoms with Gasteiger partial charge in [-0.2, -0.15) is 0 Å². The Morgan fingerprint density at radius 2 is 1.63 bits per heavy atom. The molecule has 13 heteroatoms. The number of allylic oxidation sites excluding steroid dienone is 2. The number of phenols is 1. The Hall–Kier alpha value is -4.03. The van der Waals surface area contributed by atoms with E-state index < -0.39 is 71.6 Å². The lowest BCUT2D eigenvalue weighted by atomic mass is 9.51. The summed E-state index contributed by atoms with van der Waals surface area (Å²) in [5, 5.41) is 30.5. The molecule has 7 rings (SSSR count). The van der Waals surface area contributed by atoms with E-state index >= 15 is 0 Å². The van der Waals surface area contributed by atoms with Crippen LogP contribution in [0, 0.1) is 34.9 Å². The van der Waals surface area contributed by atoms with Crippen LogP contribution in [0.5, 0.6) is 5.75 Å². The Labute approximate surface area is 273 Å². The van der Waals surface area contributed by atoms with Crippen LogP contribution in [0.2, 0.25) is 10.0 Å². The van der Waals surface area contributed by atoms with Crippen LogP contribution in [0.4, 0.5) is 15.8 Å². The molecule has 2 heterocycles. The van der Waals surface area contributed by atoms with Crippen LogP contribution >= 0.6 is 23.2 Å². The average Bonchev–Trinajstić information content (AvgIpc) is 3.39. The van der Waals surface area contributed by atoms with Crippen LogP contribution in [-0.4, -0.2) is 45.9 Å². The van der Waals surface area contributed by atoms with Crippen molar-refractivity contribution in [2.75, 3.05) is 9.80 Å². The second-order valence-electron chi connectivity index (χ2n) is 12.4. The zero-order valence-electron chi connectivity index (χ0n) is 24.2. The molecule has 1 saturated carbocycles. The van der Waals surface area contributed by atoms with Gasteiger partial charge in [0.1, 0.15) is 11.6 Å². The molecule has 3 fully saturated rings. The number of fused-ring (bicyclic) bond motifs is 4. The molecular weight excluding hydrogens is 637 g/mol. The van der Waals surface area contributed by atoms with E-state index in [9.17, 15) is 38.7 Å². The number of amides is 4. The lowest BCUT2D eigenvalue weighted by molar-refractivity contribution is -0.131. The van der Waals surface area contributed by atoms with Crippen molar-refractivity contribution in [2.24, 2.45) is 29.1 Å². The minimum Gasteiger partial charge on any atom is -0.508 e. The Morgan fingerprint density at radius 1 is 0.891 bits per heavy atom. The summed E-state index contributed by atoms with van der Waals surface area (Å²) in [4.78, 5) is 58.7. The lowest BCUT2D eigenvalue weighted by Gasteiger charge is -2.49. The number of imide groups is 2. The number of carbonyl (C=O) groups is 4. The lowest BCUT2D eigenvalue weighted by Crippen LogP contribution is -2.49. The quantitative estimate of drug-likeness (QED) is 0.219. The van der Waals surface area contributed by atoms with E-state index in [0.29, 0.717) is 11.1 Å². The summed E-state index contributed by atoms with van der Waals surface area (Å²) in [5.41, 5.74) is -0.134. The van der Waals surface area contributed by atoms with Crippen molar-refractivity contribution < 1.29 is 38.7 Å². The molecule has 2 aliphatic heterocycles. The average molecular weight is 663 g/mol. The fraction of sp³-hybridized carbons (Fsp3) is 0.273. The zero-order valence-corrected chi connectivity index (χ0v) is 25.7. The minimum atomic E-state index is -1.81. The van der Waals surface area contributed by atoms with Crippen molar-refractivity contribution in [2.45, 2.75) is 25.7 Å². The minimum absolute atomic E-state index is 0.0551. The summed E-state index contributed by atoms with van der Waals surface area (Å²) in [7, 11) is -1.81. The maximum Gasteiger partial charge on any atom is 0.488 e. The van der Waals surface area contributed by atoms with E-state index in [1.54, 1.807) is 6.92 Å². The highest BCUT2D eigenvalue weighted by atomic mass is 35.5. The number of nitrogens with zero attached hydrogens (tertiary/aromatic N) is 2. The number of carbonyl (C=O) groups excluding carboxylic acids is 4. The number of benzene rings is 3. The Bertz CT molecular complexity index is 1900. The molecule has 3 aromatic rings. The Balaban J connectivity index is 1.37. The maximum absolute atomic E-state index is 14.4. The second kappa shape index (κ2) is 10.8. The Morgan fingerprint density at radius 3 is 2.35 bits per heavy atom. The van der Waals surface area contributed by atoms with E-state index in [4.69, 9.17) is 23.2 Å². The molecule has 0 spiro atoms. The topological polar surface area (TPSA) is 135 Å². The van der Waals surface area contributed by atoms with E-state index in [1.165, 1.54) is 54.6 Å². The van der Waals surface area contributed by atoms with Crippen LogP contribution in [0.15, 0.2) is 72.3 Å². The van der Waals surface area contributed by atoms with Gasteiger partial charge in [0, 0.05) is 16.5 Å². The van der Waals surface area contributed by atoms with Crippen molar-refractivity contribution in [3.8, 4) is 5.75 Å². The van der Waals surface area contributed by atoms with E-state index in [2.05, 4.69) is 0 Å². The molecule has 0 unspecified atom stereocenters. The van der Waals surface area contributed by atoms with Gasteiger partial charge in [0.05, 0.1) is 39.6 Å². The van der Waals surface area contributed by atoms with Gasteiger partial charge < -0.3 is 15.2 Å². The molecule has 2 aliphatic carbocycles. The van der Waals surface area contributed by atoms with Gasteiger partial charge in [-0.1, -0.05) is 47.0 Å². The standard InChI is InChI=1S/C33H26BCl2FN2O7/c1-33-23(30(42)39(32(33)44)18-6-9-25(37)24(36)13-18)14-21-19(28(33)22-12-16(35)5-10-26(22)40)7-8-20-27(21)31(43)38(29(20)41)17-4-2-3-15(11-17)34(45)46/h2-7,9-13,20-21,23,27-28,40,45-46H,8,14H2,1H3/t20-,21+,23-,27-,28+,33+/m0/s1. The maximum atomic E-state index is 14.4. The first-order chi connectivity index (χ1) is 21.8. The molecule has 4 aliphatic rings. The summed E-state index contributed by atoms with van der Waals surface area (Å²) < 4.78 is 14.1. The summed E-state index contributed by atoms with van der Waals surface area (Å²) in [6.07, 6.45) is 2.05. The third kappa shape index (κ3) is 4.29. The Kier molecular flexibility index (Phi) is 7.17. The number of halogens is 3. The van der Waals surface area contributed by atoms with Crippen LogP contribution in [0.3, 0.4) is 0 Å². The number of rotatable bonds is 4. The SMILES string of the molecule is C[C@@]12C(=O)N(c3ccc(F)c(Cl)c3)C(=O)[C@@H]1C[C@@H]1C(=CC[C@@H]3C(=O)N(c4cccc(B(O)O)c4)C(=O)[C@@H]31)[C@@H]2c1cc(Cl)ccc1O. The molecule has 3 N–H and O–H groups in total. The van der Waals surface area contributed by atoms with Gasteiger partial charge in [0.2, 0.25) is 23.6 Å². The molecule has 6 atom stereocenters. The van der Waals surface area contributed by atoms with Crippen LogP contribution < -0.4 is 15.3 Å². The van der Waals surface area contributed by atoms with Gasteiger partial charge in [-0.25, -0.2) is 9.29 Å². The van der Waals surface area contributed by atoms with Gasteiger partial charge in [-0.15, -0.1) is 0 Å². The van der Waals surface area contributed by atoms with Gasteiger partial charge in [-0.05, 0) is 79.7 Å². The van der Waals surface area contributed by atoms with Crippen molar-refractivity contribution in [3.05, 3.63) is 93.7 Å². The van der Waals surface area contributed by atoms with Crippen LogP contribution in [-0.2, 0) is 19.2 Å². The van der Waals surface area contributed by atoms with Crippen LogP contribution in [0.25, 0.3) is 0 Å². The molecule has 46 heavy (non-hydrogen) atoms. The first-order valence-corrected chi connectivity index (χ1v) is 15.5. The van der Waals surface area contributed by atoms with Crippen molar-refractivity contribution in [1.29, 1.82) is 0 Å². The molecule has 234 valence electrons. The number of phenolic OH excluding ortho intramolecular Hbond substituents is 1. The smallest absolute Gasteiger partial charge is 0.488 e. The second-order valence-corrected chi connectivity index (χ2v) is 13.3. The van der Waals surface area contributed by atoms with E-state index in [1.807, 2.05) is 6.08 Å². The zero-order chi connectivity index (χ0) is 32.8. The fourth-order valence-electron chi connectivity index (χ4n) is 8.07. The molecule has 9 nitrogen and oxygen atoms in total. The predicted octanol–water partition coefficient (Wildman–Crippen LogP) is 3.95. The van der Waals surface area contributed by atoms with Gasteiger partial charge in [-0.3, -0.25) is 24.1 Å². The number of anilines is 2. The highest BCUT2D eigenvalue weighted by molar-refractivity contribution is 6.58. The van der Waals surface area contributed by atoms with Gasteiger partial charge >= 0.3 is 7.12 Å². The summed E-state index contributed by atoms with van der Waals surface area (Å²) in [5.74, 6) is -7.19. The van der Waals surface area contributed by atoms with Crippen LogP contribution in [0.1, 0.15) is 31.2 Å². The largest absolute Gasteiger partial charge is 0.508 e. The highest BCUT2D eigenvalue weighted by Gasteiger charge is 2.68. The summed E-state index contributed by atoms with van der Waals surface area (Å²) >= 11 is 12.4. The van der Waals surface area contributed by atoms with Crippen molar-refractivity contribution >= 4 is 70.8 Å². The van der Waals surface area contributed by atoms with Crippen molar-refractivity contribution in [3.63, 3.8) is 0 Å². The highest BCUT2D eigenvalue weighted by Crippen LogP contribution is 2.64. The predicted molar refractivity (Wildman–Crippen MR) is 168 cm³/mol. The number of hydrogen-bond donors (Lipinski definition) is 3. The van der Waals surface area contributed by atoms with Gasteiger partial charge in [0.25, 0.3) is 0 Å².